The summed E-state index contributed by atoms with van der Waals surface area (Å²) in [7, 11) is 0. The maximum Gasteiger partial charge on any atom is 0.264 e. The molecule has 11 nitrogen and oxygen atoms in total. The van der Waals surface area contributed by atoms with E-state index in [0.29, 0.717) is 12.1 Å². The van der Waals surface area contributed by atoms with E-state index in [1.54, 1.807) is 12.1 Å². The Hall–Kier alpha value is -5.91. The summed E-state index contributed by atoms with van der Waals surface area (Å²) in [4.78, 5) is 76.9. The Bertz CT molecular complexity index is 1990. The summed E-state index contributed by atoms with van der Waals surface area (Å²) in [6.07, 6.45) is 0.479. The molecule has 2 heterocycles. The molecule has 1 unspecified atom stereocenters. The van der Waals surface area contributed by atoms with Crippen LogP contribution < -0.4 is 21.3 Å². The van der Waals surface area contributed by atoms with Gasteiger partial charge in [0.05, 0.1) is 22.7 Å². The largest absolute Gasteiger partial charge is 0.384 e. The summed E-state index contributed by atoms with van der Waals surface area (Å²) in [5.74, 6) is -4.09. The van der Waals surface area contributed by atoms with Crippen LogP contribution in [0.25, 0.3) is 10.8 Å². The number of benzene rings is 4. The molecule has 12 heteroatoms. The first-order valence-corrected chi connectivity index (χ1v) is 15.6. The van der Waals surface area contributed by atoms with Crippen molar-refractivity contribution in [3.8, 4) is 0 Å². The van der Waals surface area contributed by atoms with E-state index in [9.17, 15) is 33.2 Å². The quantitative estimate of drug-likeness (QED) is 0.143. The zero-order chi connectivity index (χ0) is 33.9. The SMILES string of the molecule is C[C@@H](NC(=O)c1cc(NC(=O)CCCNc2cccc3c2C(=O)N(C2CCC(=O)NC2=O)C3=O)ccc1F)c1cccc2ccccc12. The van der Waals surface area contributed by atoms with Crippen LogP contribution in [0, 0.1) is 5.82 Å². The number of anilines is 2. The van der Waals surface area contributed by atoms with Crippen molar-refractivity contribution < 1.29 is 33.2 Å². The summed E-state index contributed by atoms with van der Waals surface area (Å²) >= 11 is 0. The highest BCUT2D eigenvalue weighted by molar-refractivity contribution is 6.25. The Morgan fingerprint density at radius 1 is 0.958 bits per heavy atom. The van der Waals surface area contributed by atoms with E-state index in [2.05, 4.69) is 21.3 Å². The number of nitrogens with one attached hydrogen (secondary N) is 4. The number of imide groups is 2. The van der Waals surface area contributed by atoms with Crippen molar-refractivity contribution in [2.75, 3.05) is 17.2 Å². The van der Waals surface area contributed by atoms with Crippen molar-refractivity contribution in [3.63, 3.8) is 0 Å². The zero-order valence-electron chi connectivity index (χ0n) is 26.0. The molecule has 1 fully saturated rings. The van der Waals surface area contributed by atoms with Crippen molar-refractivity contribution in [1.82, 2.24) is 15.5 Å². The molecule has 4 aromatic carbocycles. The molecule has 0 saturated carbocycles. The number of carbonyl (C=O) groups is 6. The lowest BCUT2D eigenvalue weighted by Gasteiger charge is -2.27. The molecule has 1 saturated heterocycles. The highest BCUT2D eigenvalue weighted by Gasteiger charge is 2.45. The highest BCUT2D eigenvalue weighted by Crippen LogP contribution is 2.32. The Balaban J connectivity index is 1.04. The summed E-state index contributed by atoms with van der Waals surface area (Å²) in [5, 5.41) is 12.8. The number of fused-ring (bicyclic) bond motifs is 2. The van der Waals surface area contributed by atoms with E-state index < -0.39 is 47.4 Å². The standard InChI is InChI=1S/C36H32FN5O6/c1-20(23-10-4-8-21-7-2-3-9-24(21)23)39-33(45)26-19-22(14-15-27(26)37)40-30(43)13-6-18-38-28-12-5-11-25-32(28)36(48)42(35(25)47)29-16-17-31(44)41-34(29)46/h2-5,7-12,14-15,19-20,29,38H,6,13,16-18H2,1H3,(H,39,45)(H,40,43)(H,41,44,46)/t20-,29?/m1/s1. The molecule has 4 aromatic rings. The molecule has 2 aliphatic heterocycles. The van der Waals surface area contributed by atoms with Gasteiger partial charge in [-0.05, 0) is 66.4 Å². The number of hydrogen-bond acceptors (Lipinski definition) is 7. The second-order valence-electron chi connectivity index (χ2n) is 11.7. The van der Waals surface area contributed by atoms with Crippen molar-refractivity contribution in [2.24, 2.45) is 0 Å². The lowest BCUT2D eigenvalue weighted by atomic mass is 9.99. The summed E-state index contributed by atoms with van der Waals surface area (Å²) in [6, 6.07) is 20.6. The van der Waals surface area contributed by atoms with E-state index in [1.807, 2.05) is 49.4 Å². The van der Waals surface area contributed by atoms with Gasteiger partial charge in [-0.1, -0.05) is 48.5 Å². The average Bonchev–Trinajstić information content (AvgIpc) is 3.33. The maximum atomic E-state index is 14.7. The Morgan fingerprint density at radius 3 is 2.54 bits per heavy atom. The van der Waals surface area contributed by atoms with Gasteiger partial charge in [-0.15, -0.1) is 0 Å². The topological polar surface area (TPSA) is 154 Å². The van der Waals surface area contributed by atoms with Crippen LogP contribution in [0.4, 0.5) is 15.8 Å². The summed E-state index contributed by atoms with van der Waals surface area (Å²) in [6.45, 7) is 2.09. The summed E-state index contributed by atoms with van der Waals surface area (Å²) in [5.41, 5.74) is 1.61. The number of amides is 6. The fraction of sp³-hybridized carbons (Fsp3) is 0.222. The van der Waals surface area contributed by atoms with Gasteiger partial charge in [0.1, 0.15) is 11.9 Å². The molecule has 244 valence electrons. The van der Waals surface area contributed by atoms with Crippen LogP contribution in [0.15, 0.2) is 78.9 Å². The van der Waals surface area contributed by atoms with Crippen LogP contribution >= 0.6 is 0 Å². The van der Waals surface area contributed by atoms with Gasteiger partial charge in [0.2, 0.25) is 17.7 Å². The average molecular weight is 650 g/mol. The molecular formula is C36H32FN5O6. The normalized spacial score (nSPS) is 16.4. The number of halogens is 1. The molecule has 2 atom stereocenters. The zero-order valence-corrected chi connectivity index (χ0v) is 26.0. The van der Waals surface area contributed by atoms with Gasteiger partial charge in [-0.25, -0.2) is 4.39 Å². The van der Waals surface area contributed by atoms with Crippen LogP contribution in [0.5, 0.6) is 0 Å². The second-order valence-corrected chi connectivity index (χ2v) is 11.7. The number of nitrogens with zero attached hydrogens (tertiary/aromatic N) is 1. The number of piperidine rings is 1. The lowest BCUT2D eigenvalue weighted by Crippen LogP contribution is -2.54. The third-order valence-electron chi connectivity index (χ3n) is 8.50. The maximum absolute atomic E-state index is 14.7. The van der Waals surface area contributed by atoms with Crippen LogP contribution in [0.3, 0.4) is 0 Å². The van der Waals surface area contributed by atoms with Crippen molar-refractivity contribution in [2.45, 2.75) is 44.7 Å². The highest BCUT2D eigenvalue weighted by atomic mass is 19.1. The van der Waals surface area contributed by atoms with E-state index in [-0.39, 0.29) is 54.1 Å². The van der Waals surface area contributed by atoms with Gasteiger partial charge < -0.3 is 16.0 Å². The molecule has 0 bridgehead atoms. The van der Waals surface area contributed by atoms with Gasteiger partial charge in [-0.3, -0.25) is 39.0 Å². The molecule has 6 amide bonds. The number of carbonyl (C=O) groups excluding carboxylic acids is 6. The van der Waals surface area contributed by atoms with Crippen LogP contribution in [-0.4, -0.2) is 52.9 Å². The second kappa shape index (κ2) is 13.4. The van der Waals surface area contributed by atoms with Gasteiger partial charge in [-0.2, -0.15) is 0 Å². The predicted octanol–water partition coefficient (Wildman–Crippen LogP) is 4.70. The van der Waals surface area contributed by atoms with Crippen LogP contribution in [0.2, 0.25) is 0 Å². The van der Waals surface area contributed by atoms with E-state index in [4.69, 9.17) is 0 Å². The third-order valence-corrected chi connectivity index (χ3v) is 8.50. The van der Waals surface area contributed by atoms with Gasteiger partial charge in [0.15, 0.2) is 0 Å². The molecule has 2 aliphatic rings. The van der Waals surface area contributed by atoms with E-state index >= 15 is 0 Å². The van der Waals surface area contributed by atoms with Gasteiger partial charge in [0.25, 0.3) is 17.7 Å². The minimum atomic E-state index is -1.07. The molecule has 4 N–H and O–H groups in total. The van der Waals surface area contributed by atoms with Crippen LogP contribution in [0.1, 0.15) is 75.3 Å². The molecule has 0 aromatic heterocycles. The Kier molecular flexibility index (Phi) is 8.98. The number of hydrogen-bond donors (Lipinski definition) is 4. The predicted molar refractivity (Wildman–Crippen MR) is 176 cm³/mol. The van der Waals surface area contributed by atoms with Crippen molar-refractivity contribution >= 4 is 57.6 Å². The Labute approximate surface area is 274 Å². The molecular weight excluding hydrogens is 617 g/mol. The minimum Gasteiger partial charge on any atom is -0.384 e. The minimum absolute atomic E-state index is 0.0223. The third kappa shape index (κ3) is 6.37. The van der Waals surface area contributed by atoms with Gasteiger partial charge in [0, 0.05) is 30.8 Å². The van der Waals surface area contributed by atoms with Crippen molar-refractivity contribution in [3.05, 3.63) is 107 Å². The fourth-order valence-electron chi connectivity index (χ4n) is 6.11. The van der Waals surface area contributed by atoms with E-state index in [1.165, 1.54) is 18.2 Å². The molecule has 0 spiro atoms. The molecule has 6 rings (SSSR count). The first kappa shape index (κ1) is 32.0. The monoisotopic (exact) mass is 649 g/mol. The first-order chi connectivity index (χ1) is 23.1. The Morgan fingerprint density at radius 2 is 1.73 bits per heavy atom. The van der Waals surface area contributed by atoms with Gasteiger partial charge >= 0.3 is 0 Å². The fourth-order valence-corrected chi connectivity index (χ4v) is 6.11. The smallest absolute Gasteiger partial charge is 0.264 e. The molecule has 0 aliphatic carbocycles. The lowest BCUT2D eigenvalue weighted by molar-refractivity contribution is -0.136. The summed E-state index contributed by atoms with van der Waals surface area (Å²) < 4.78 is 14.7. The van der Waals surface area contributed by atoms with Crippen LogP contribution in [-0.2, 0) is 14.4 Å². The number of rotatable bonds is 10. The van der Waals surface area contributed by atoms with E-state index in [0.717, 1.165) is 27.3 Å². The van der Waals surface area contributed by atoms with Crippen molar-refractivity contribution in [1.29, 1.82) is 0 Å². The molecule has 48 heavy (non-hydrogen) atoms. The molecule has 0 radical (unpaired) electrons. The first-order valence-electron chi connectivity index (χ1n) is 15.6.